The molecule has 0 fully saturated rings. The molecule has 0 rings (SSSR count). The van der Waals surface area contributed by atoms with Crippen molar-refractivity contribution in [2.45, 2.75) is 45.4 Å². The van der Waals surface area contributed by atoms with Gasteiger partial charge in [-0.2, -0.15) is 0 Å². The van der Waals surface area contributed by atoms with Crippen molar-refractivity contribution in [1.82, 2.24) is 0 Å². The molecular formula is C8H16O2S. The minimum Gasteiger partial charge on any atom is -0.481 e. The van der Waals surface area contributed by atoms with Gasteiger partial charge in [0.2, 0.25) is 0 Å². The minimum atomic E-state index is -0.670. The van der Waals surface area contributed by atoms with Crippen LogP contribution in [0.5, 0.6) is 0 Å². The maximum Gasteiger partial charge on any atom is 0.303 e. The molecule has 0 aliphatic heterocycles. The second-order valence-corrected chi connectivity index (χ2v) is 2.56. The summed E-state index contributed by atoms with van der Waals surface area (Å²) in [5.74, 6) is -0.670. The van der Waals surface area contributed by atoms with E-state index in [9.17, 15) is 4.79 Å². The Morgan fingerprint density at radius 1 is 1.18 bits per heavy atom. The first-order chi connectivity index (χ1) is 4.77. The molecule has 0 heterocycles. The predicted molar refractivity (Wildman–Crippen MR) is 48.6 cm³/mol. The van der Waals surface area contributed by atoms with Gasteiger partial charge in [0.05, 0.1) is 0 Å². The van der Waals surface area contributed by atoms with E-state index in [1.165, 1.54) is 19.3 Å². The maximum absolute atomic E-state index is 10.0. The number of hydrogen-bond donors (Lipinski definition) is 1. The Hall–Kier alpha value is -0.180. The van der Waals surface area contributed by atoms with Crippen molar-refractivity contribution in [3.8, 4) is 0 Å². The van der Waals surface area contributed by atoms with Gasteiger partial charge in [-0.3, -0.25) is 4.79 Å². The van der Waals surface area contributed by atoms with Crippen LogP contribution in [-0.2, 0) is 4.79 Å². The largest absolute Gasteiger partial charge is 0.481 e. The molecule has 0 saturated carbocycles. The second kappa shape index (κ2) is 9.82. The topological polar surface area (TPSA) is 37.3 Å². The summed E-state index contributed by atoms with van der Waals surface area (Å²) in [6.45, 7) is 2.15. The fourth-order valence-corrected chi connectivity index (χ4v) is 0.880. The summed E-state index contributed by atoms with van der Waals surface area (Å²) in [5, 5.41) is 8.27. The Labute approximate surface area is 75.4 Å². The van der Waals surface area contributed by atoms with Gasteiger partial charge in [-0.1, -0.05) is 32.6 Å². The quantitative estimate of drug-likeness (QED) is 0.631. The monoisotopic (exact) mass is 176 g/mol. The van der Waals surface area contributed by atoms with E-state index < -0.39 is 5.97 Å². The highest BCUT2D eigenvalue weighted by atomic mass is 32.1. The summed E-state index contributed by atoms with van der Waals surface area (Å²) < 4.78 is 0. The van der Waals surface area contributed by atoms with Gasteiger partial charge in [0, 0.05) is 19.9 Å². The van der Waals surface area contributed by atoms with Crippen LogP contribution in [0, 0.1) is 0 Å². The summed E-state index contributed by atoms with van der Waals surface area (Å²) in [5.41, 5.74) is 0. The van der Waals surface area contributed by atoms with E-state index in [1.807, 2.05) is 0 Å². The number of hydrogen-bond acceptors (Lipinski definition) is 1. The van der Waals surface area contributed by atoms with Crippen LogP contribution < -0.4 is 0 Å². The molecule has 0 aromatic rings. The lowest BCUT2D eigenvalue weighted by molar-refractivity contribution is -0.137. The van der Waals surface area contributed by atoms with Gasteiger partial charge >= 0.3 is 5.97 Å². The molecule has 3 heteroatoms. The highest BCUT2D eigenvalue weighted by Crippen LogP contribution is 2.04. The molecule has 2 nitrogen and oxygen atoms in total. The summed E-state index contributed by atoms with van der Waals surface area (Å²) in [6, 6.07) is 0. The fraction of sp³-hybridized carbons (Fsp3) is 0.875. The number of unbranched alkanes of at least 4 members (excludes halogenated alkanes) is 4. The van der Waals surface area contributed by atoms with E-state index >= 15 is 0 Å². The van der Waals surface area contributed by atoms with E-state index in [0.717, 1.165) is 12.8 Å². The lowest BCUT2D eigenvalue weighted by Gasteiger charge is -1.95. The Morgan fingerprint density at radius 3 is 2.18 bits per heavy atom. The van der Waals surface area contributed by atoms with Crippen molar-refractivity contribution in [1.29, 1.82) is 0 Å². The van der Waals surface area contributed by atoms with Gasteiger partial charge < -0.3 is 5.11 Å². The lowest BCUT2D eigenvalue weighted by atomic mass is 10.1. The Bertz CT molecular complexity index is 94.1. The maximum atomic E-state index is 10.0. The number of carbonyl (C=O) groups is 1. The normalized spacial score (nSPS) is 8.82. The summed E-state index contributed by atoms with van der Waals surface area (Å²) >= 11 is 0. The molecule has 0 amide bonds. The molecule has 11 heavy (non-hydrogen) atoms. The highest BCUT2D eigenvalue weighted by Gasteiger charge is 1.94. The molecular weight excluding hydrogens is 160 g/mol. The van der Waals surface area contributed by atoms with Crippen LogP contribution >= 0.6 is 13.5 Å². The first-order valence-corrected chi connectivity index (χ1v) is 3.99. The van der Waals surface area contributed by atoms with Crippen molar-refractivity contribution >= 4 is 19.5 Å². The third-order valence-electron chi connectivity index (χ3n) is 1.49. The second-order valence-electron chi connectivity index (χ2n) is 2.56. The molecule has 0 aromatic heterocycles. The molecule has 0 saturated heterocycles. The zero-order valence-corrected chi connectivity index (χ0v) is 7.82. The van der Waals surface area contributed by atoms with Crippen molar-refractivity contribution in [2.24, 2.45) is 0 Å². The average molecular weight is 176 g/mol. The van der Waals surface area contributed by atoms with Crippen LogP contribution in [0.15, 0.2) is 0 Å². The SMILES string of the molecule is CCCCCCCC(=O)O.[S]. The third kappa shape index (κ3) is 12.9. The Morgan fingerprint density at radius 2 is 1.73 bits per heavy atom. The zero-order chi connectivity index (χ0) is 7.82. The standard InChI is InChI=1S/C8H16O2.S/c1-2-3-4-5-6-7-8(9)10;/h2-7H2,1H3,(H,9,10);. The van der Waals surface area contributed by atoms with Gasteiger partial charge in [0.1, 0.15) is 0 Å². The van der Waals surface area contributed by atoms with E-state index in [0.29, 0.717) is 6.42 Å². The lowest BCUT2D eigenvalue weighted by Crippen LogP contribution is -1.93. The van der Waals surface area contributed by atoms with Crippen LogP contribution in [-0.4, -0.2) is 11.1 Å². The van der Waals surface area contributed by atoms with Crippen LogP contribution in [0.2, 0.25) is 0 Å². The van der Waals surface area contributed by atoms with Gasteiger partial charge in [0.25, 0.3) is 0 Å². The van der Waals surface area contributed by atoms with Crippen molar-refractivity contribution < 1.29 is 9.90 Å². The molecule has 0 bridgehead atoms. The fourth-order valence-electron chi connectivity index (χ4n) is 0.880. The molecule has 66 valence electrons. The molecule has 0 spiro atoms. The van der Waals surface area contributed by atoms with Gasteiger partial charge in [-0.15, -0.1) is 0 Å². The number of rotatable bonds is 6. The molecule has 1 N–H and O–H groups in total. The predicted octanol–water partition coefficient (Wildman–Crippen LogP) is 3.08. The van der Waals surface area contributed by atoms with Crippen LogP contribution in [0.3, 0.4) is 0 Å². The summed E-state index contributed by atoms with van der Waals surface area (Å²) in [6.07, 6.45) is 5.88. The first-order valence-electron chi connectivity index (χ1n) is 3.99. The van der Waals surface area contributed by atoms with Gasteiger partial charge in [-0.25, -0.2) is 0 Å². The molecule has 0 unspecified atom stereocenters. The number of aliphatic carboxylic acids is 1. The van der Waals surface area contributed by atoms with E-state index in [1.54, 1.807) is 0 Å². The number of carboxylic acids is 1. The first kappa shape index (κ1) is 13.4. The zero-order valence-electron chi connectivity index (χ0n) is 7.01. The summed E-state index contributed by atoms with van der Waals surface area (Å²) in [4.78, 5) is 10.0. The molecule has 2 radical (unpaired) electrons. The van der Waals surface area contributed by atoms with Gasteiger partial charge in [-0.05, 0) is 6.42 Å². The minimum absolute atomic E-state index is 0. The summed E-state index contributed by atoms with van der Waals surface area (Å²) in [7, 11) is 0. The third-order valence-corrected chi connectivity index (χ3v) is 1.49. The molecule has 0 aliphatic carbocycles. The van der Waals surface area contributed by atoms with Gasteiger partial charge in [0.15, 0.2) is 0 Å². The van der Waals surface area contributed by atoms with E-state index in [-0.39, 0.29) is 13.5 Å². The molecule has 0 aromatic carbocycles. The van der Waals surface area contributed by atoms with Crippen molar-refractivity contribution in [3.63, 3.8) is 0 Å². The average Bonchev–Trinajstić information content (AvgIpc) is 1.87. The molecule has 0 atom stereocenters. The van der Waals surface area contributed by atoms with Crippen LogP contribution in [0.25, 0.3) is 0 Å². The van der Waals surface area contributed by atoms with Crippen molar-refractivity contribution in [2.75, 3.05) is 0 Å². The van der Waals surface area contributed by atoms with Crippen LogP contribution in [0.1, 0.15) is 45.4 Å². The highest BCUT2D eigenvalue weighted by molar-refractivity contribution is 7.59. The Kier molecular flexibility index (Phi) is 12.0. The van der Waals surface area contributed by atoms with E-state index in [4.69, 9.17) is 5.11 Å². The van der Waals surface area contributed by atoms with Crippen molar-refractivity contribution in [3.05, 3.63) is 0 Å². The van der Waals surface area contributed by atoms with Crippen LogP contribution in [0.4, 0.5) is 0 Å². The van der Waals surface area contributed by atoms with E-state index in [2.05, 4.69) is 6.92 Å². The number of carboxylic acid groups (broad SMARTS) is 1. The Balaban J connectivity index is 0. The molecule has 0 aliphatic rings. The smallest absolute Gasteiger partial charge is 0.303 e.